The van der Waals surface area contributed by atoms with Crippen LogP contribution in [0.1, 0.15) is 19.8 Å². The number of allylic oxidation sites excluding steroid dienone is 1. The number of hydrogen-bond donors (Lipinski definition) is 1. The average Bonchev–Trinajstić information content (AvgIpc) is 2.01. The van der Waals surface area contributed by atoms with Gasteiger partial charge >= 0.3 is 5.97 Å². The first-order valence-corrected chi connectivity index (χ1v) is 3.72. The molecule has 2 N–H and O–H groups in total. The Hall–Kier alpha value is -1.32. The van der Waals surface area contributed by atoms with Gasteiger partial charge < -0.3 is 10.5 Å². The summed E-state index contributed by atoms with van der Waals surface area (Å²) in [5, 5.41) is 0. The van der Waals surface area contributed by atoms with Gasteiger partial charge in [0, 0.05) is 6.42 Å². The number of esters is 1. The lowest BCUT2D eigenvalue weighted by atomic mass is 10.3. The molecule has 0 aromatic rings. The normalized spacial score (nSPS) is 10.1. The maximum atomic E-state index is 10.8. The van der Waals surface area contributed by atoms with Gasteiger partial charge in [-0.15, -0.1) is 0 Å². The molecule has 0 atom stereocenters. The smallest absolute Gasteiger partial charge is 0.306 e. The minimum Gasteiger partial charge on any atom is -0.461 e. The minimum absolute atomic E-state index is 0.0503. The van der Waals surface area contributed by atoms with E-state index in [2.05, 4.69) is 0 Å². The van der Waals surface area contributed by atoms with Crippen LogP contribution in [0.5, 0.6) is 0 Å². The summed E-state index contributed by atoms with van der Waals surface area (Å²) in [7, 11) is 0. The second kappa shape index (κ2) is 6.39. The van der Waals surface area contributed by atoms with Crippen molar-refractivity contribution >= 4 is 11.9 Å². The summed E-state index contributed by atoms with van der Waals surface area (Å²) >= 11 is 0. The summed E-state index contributed by atoms with van der Waals surface area (Å²) in [5.74, 6) is -0.884. The fraction of sp³-hybridized carbons (Fsp3) is 0.500. The van der Waals surface area contributed by atoms with Crippen molar-refractivity contribution < 1.29 is 14.3 Å². The summed E-state index contributed by atoms with van der Waals surface area (Å²) in [4.78, 5) is 21.0. The van der Waals surface area contributed by atoms with Gasteiger partial charge in [0.25, 0.3) is 0 Å². The third-order valence-corrected chi connectivity index (χ3v) is 1.15. The summed E-state index contributed by atoms with van der Waals surface area (Å²) in [6, 6.07) is 0. The lowest BCUT2D eigenvalue weighted by molar-refractivity contribution is -0.143. The van der Waals surface area contributed by atoms with Gasteiger partial charge in [-0.25, -0.2) is 0 Å². The Morgan fingerprint density at radius 3 is 2.58 bits per heavy atom. The molecule has 4 nitrogen and oxygen atoms in total. The molecule has 0 fully saturated rings. The van der Waals surface area contributed by atoms with Gasteiger partial charge in [0.2, 0.25) is 5.91 Å². The summed E-state index contributed by atoms with van der Waals surface area (Å²) in [6.07, 6.45) is 3.60. The third-order valence-electron chi connectivity index (χ3n) is 1.15. The highest BCUT2D eigenvalue weighted by molar-refractivity contribution is 5.79. The second-order valence-electron chi connectivity index (χ2n) is 2.22. The third kappa shape index (κ3) is 6.80. The highest BCUT2D eigenvalue weighted by atomic mass is 16.5. The van der Waals surface area contributed by atoms with Crippen LogP contribution in [0.2, 0.25) is 0 Å². The van der Waals surface area contributed by atoms with Gasteiger partial charge in [-0.3, -0.25) is 9.59 Å². The van der Waals surface area contributed by atoms with E-state index in [0.29, 0.717) is 0 Å². The topological polar surface area (TPSA) is 69.4 Å². The molecule has 0 radical (unpaired) electrons. The van der Waals surface area contributed by atoms with Crippen LogP contribution in [-0.4, -0.2) is 18.5 Å². The molecule has 0 saturated carbocycles. The number of hydrogen-bond acceptors (Lipinski definition) is 3. The number of carbonyl (C=O) groups excluding carboxylic acids is 2. The van der Waals surface area contributed by atoms with E-state index in [9.17, 15) is 9.59 Å². The van der Waals surface area contributed by atoms with E-state index in [1.807, 2.05) is 6.92 Å². The fourth-order valence-electron chi connectivity index (χ4n) is 0.535. The van der Waals surface area contributed by atoms with Crippen LogP contribution in [0.4, 0.5) is 0 Å². The zero-order valence-corrected chi connectivity index (χ0v) is 7.08. The molecule has 0 rings (SSSR count). The highest BCUT2D eigenvalue weighted by Crippen LogP contribution is 1.91. The number of nitrogens with two attached hydrogens (primary N) is 1. The molecule has 0 aliphatic rings. The van der Waals surface area contributed by atoms with Crippen molar-refractivity contribution in [3.63, 3.8) is 0 Å². The van der Waals surface area contributed by atoms with Gasteiger partial charge in [0.05, 0.1) is 6.42 Å². The second-order valence-corrected chi connectivity index (χ2v) is 2.22. The average molecular weight is 171 g/mol. The molecule has 0 spiro atoms. The number of ether oxygens (including phenoxy) is 1. The lowest BCUT2D eigenvalue weighted by Crippen LogP contribution is -2.14. The molecule has 0 bridgehead atoms. The number of rotatable bonds is 5. The first kappa shape index (κ1) is 10.7. The molecule has 4 heteroatoms. The molecular weight excluding hydrogens is 158 g/mol. The summed E-state index contributed by atoms with van der Waals surface area (Å²) < 4.78 is 4.70. The van der Waals surface area contributed by atoms with Crippen LogP contribution in [0.25, 0.3) is 0 Å². The van der Waals surface area contributed by atoms with Gasteiger partial charge in [-0.2, -0.15) is 0 Å². The predicted molar refractivity (Wildman–Crippen MR) is 44.2 cm³/mol. The predicted octanol–water partition coefficient (Wildman–Crippen LogP) is 0.371. The van der Waals surface area contributed by atoms with E-state index in [0.717, 1.165) is 0 Å². The van der Waals surface area contributed by atoms with Crippen LogP contribution in [0, 0.1) is 0 Å². The van der Waals surface area contributed by atoms with Crippen LogP contribution in [0.15, 0.2) is 12.2 Å². The van der Waals surface area contributed by atoms with Crippen LogP contribution in [-0.2, 0) is 14.3 Å². The Kier molecular flexibility index (Phi) is 5.69. The van der Waals surface area contributed by atoms with Gasteiger partial charge in [-0.05, 0) is 6.92 Å². The molecule has 68 valence electrons. The molecule has 0 heterocycles. The van der Waals surface area contributed by atoms with Crippen molar-refractivity contribution in [2.45, 2.75) is 19.8 Å². The Morgan fingerprint density at radius 1 is 1.42 bits per heavy atom. The van der Waals surface area contributed by atoms with Crippen LogP contribution in [0.3, 0.4) is 0 Å². The maximum absolute atomic E-state index is 10.8. The van der Waals surface area contributed by atoms with Crippen molar-refractivity contribution in [2.24, 2.45) is 5.73 Å². The first-order valence-electron chi connectivity index (χ1n) is 3.72. The van der Waals surface area contributed by atoms with E-state index in [-0.39, 0.29) is 19.4 Å². The van der Waals surface area contributed by atoms with E-state index < -0.39 is 11.9 Å². The van der Waals surface area contributed by atoms with Crippen molar-refractivity contribution in [3.05, 3.63) is 12.2 Å². The molecule has 0 aliphatic heterocycles. The van der Waals surface area contributed by atoms with Crippen LogP contribution >= 0.6 is 0 Å². The molecule has 0 aliphatic carbocycles. The highest BCUT2D eigenvalue weighted by Gasteiger charge is 2.03. The zero-order valence-electron chi connectivity index (χ0n) is 7.08. The van der Waals surface area contributed by atoms with Gasteiger partial charge in [0.1, 0.15) is 6.61 Å². The van der Waals surface area contributed by atoms with E-state index in [1.165, 1.54) is 0 Å². The fourth-order valence-corrected chi connectivity index (χ4v) is 0.535. The molecule has 12 heavy (non-hydrogen) atoms. The maximum Gasteiger partial charge on any atom is 0.306 e. The number of amides is 1. The molecule has 0 saturated heterocycles. The van der Waals surface area contributed by atoms with Crippen molar-refractivity contribution in [1.29, 1.82) is 0 Å². The Labute approximate surface area is 71.4 Å². The summed E-state index contributed by atoms with van der Waals surface area (Å²) in [6.45, 7) is 2.09. The SMILES string of the molecule is CC=CCOC(=O)CCC(N)=O. The minimum atomic E-state index is -0.488. The Balaban J connectivity index is 3.40. The van der Waals surface area contributed by atoms with Crippen molar-refractivity contribution in [1.82, 2.24) is 0 Å². The largest absolute Gasteiger partial charge is 0.461 e. The monoisotopic (exact) mass is 171 g/mol. The van der Waals surface area contributed by atoms with Crippen molar-refractivity contribution in [3.8, 4) is 0 Å². The summed E-state index contributed by atoms with van der Waals surface area (Å²) in [5.41, 5.74) is 4.83. The standard InChI is InChI=1S/C8H13NO3/c1-2-3-6-12-8(11)5-4-7(9)10/h2-3H,4-6H2,1H3,(H2,9,10). The van der Waals surface area contributed by atoms with E-state index in [1.54, 1.807) is 12.2 Å². The molecule has 0 unspecified atom stereocenters. The number of carbonyl (C=O) groups is 2. The van der Waals surface area contributed by atoms with Gasteiger partial charge in [-0.1, -0.05) is 12.2 Å². The van der Waals surface area contributed by atoms with E-state index >= 15 is 0 Å². The zero-order chi connectivity index (χ0) is 9.40. The lowest BCUT2D eigenvalue weighted by Gasteiger charge is -1.98. The molecule has 1 amide bonds. The van der Waals surface area contributed by atoms with Gasteiger partial charge in [0.15, 0.2) is 0 Å². The number of primary amides is 1. The van der Waals surface area contributed by atoms with Crippen molar-refractivity contribution in [2.75, 3.05) is 6.61 Å². The Bertz CT molecular complexity index is 187. The molecule has 0 aromatic carbocycles. The Morgan fingerprint density at radius 2 is 2.08 bits per heavy atom. The quantitative estimate of drug-likeness (QED) is 0.480. The molecule has 0 aromatic heterocycles. The van der Waals surface area contributed by atoms with E-state index in [4.69, 9.17) is 10.5 Å². The first-order chi connectivity index (χ1) is 5.66. The van der Waals surface area contributed by atoms with Crippen LogP contribution < -0.4 is 5.73 Å². The molecular formula is C8H13NO3.